The van der Waals surface area contributed by atoms with Crippen LogP contribution >= 0.6 is 0 Å². The molecule has 1 saturated heterocycles. The maximum atomic E-state index is 12.5. The Morgan fingerprint density at radius 3 is 2.88 bits per heavy atom. The molecule has 7 nitrogen and oxygen atoms in total. The normalized spacial score (nSPS) is 21.8. The van der Waals surface area contributed by atoms with Crippen molar-refractivity contribution in [1.29, 1.82) is 0 Å². The number of carbonyl (C=O) groups excluding carboxylic acids is 1. The smallest absolute Gasteiger partial charge is 0.252 e. The minimum atomic E-state index is 0.0496. The molecule has 1 aromatic rings. The summed E-state index contributed by atoms with van der Waals surface area (Å²) in [5.74, 6) is 2.02. The lowest BCUT2D eigenvalue weighted by molar-refractivity contribution is -0.136. The van der Waals surface area contributed by atoms with Crippen molar-refractivity contribution in [1.82, 2.24) is 15.0 Å². The largest absolute Gasteiger partial charge is 0.375 e. The number of hydrogen-bond donors (Lipinski definition) is 0. The molecule has 1 saturated carbocycles. The van der Waals surface area contributed by atoms with Crippen molar-refractivity contribution in [2.24, 2.45) is 5.92 Å². The highest BCUT2D eigenvalue weighted by Crippen LogP contribution is 2.29. The van der Waals surface area contributed by atoms with E-state index in [2.05, 4.69) is 10.1 Å². The van der Waals surface area contributed by atoms with E-state index in [0.29, 0.717) is 37.9 Å². The van der Waals surface area contributed by atoms with Gasteiger partial charge in [0.2, 0.25) is 5.91 Å². The number of aromatic nitrogens is 2. The van der Waals surface area contributed by atoms with Crippen molar-refractivity contribution in [2.45, 2.75) is 70.7 Å². The van der Waals surface area contributed by atoms with Crippen LogP contribution in [0.5, 0.6) is 0 Å². The molecule has 1 amide bonds. The van der Waals surface area contributed by atoms with Crippen LogP contribution in [0.1, 0.15) is 63.1 Å². The average molecular weight is 351 g/mol. The summed E-state index contributed by atoms with van der Waals surface area (Å²) in [6, 6.07) is 0. The first kappa shape index (κ1) is 18.3. The van der Waals surface area contributed by atoms with Gasteiger partial charge in [0, 0.05) is 26.6 Å². The number of ether oxygens (including phenoxy) is 2. The van der Waals surface area contributed by atoms with Gasteiger partial charge in [0.15, 0.2) is 5.82 Å². The highest BCUT2D eigenvalue weighted by Gasteiger charge is 2.25. The number of carbonyl (C=O) groups is 1. The fourth-order valence-electron chi connectivity index (χ4n) is 3.81. The molecule has 3 rings (SSSR count). The Morgan fingerprint density at radius 1 is 1.24 bits per heavy atom. The minimum absolute atomic E-state index is 0.0496. The van der Waals surface area contributed by atoms with Gasteiger partial charge >= 0.3 is 0 Å². The van der Waals surface area contributed by atoms with Crippen LogP contribution in [0.4, 0.5) is 0 Å². The Bertz CT molecular complexity index is 542. The van der Waals surface area contributed by atoms with Gasteiger partial charge in [-0.25, -0.2) is 0 Å². The second kappa shape index (κ2) is 9.29. The standard InChI is InChI=1S/C18H29N3O4/c1-23-13-17-19-16(20-25-17)12-24-15-7-4-10-21(11-15)18(22)9-8-14-5-2-3-6-14/h14-15H,2-13H2,1H3. The molecular formula is C18H29N3O4. The highest BCUT2D eigenvalue weighted by atomic mass is 16.5. The van der Waals surface area contributed by atoms with E-state index in [1.807, 2.05) is 4.90 Å². The van der Waals surface area contributed by atoms with Crippen LogP contribution in [0.3, 0.4) is 0 Å². The lowest BCUT2D eigenvalue weighted by atomic mass is 10.0. The molecule has 7 heteroatoms. The van der Waals surface area contributed by atoms with Gasteiger partial charge in [-0.1, -0.05) is 30.8 Å². The average Bonchev–Trinajstić information content (AvgIpc) is 3.30. The summed E-state index contributed by atoms with van der Waals surface area (Å²) in [5.41, 5.74) is 0. The van der Waals surface area contributed by atoms with Gasteiger partial charge in [-0.05, 0) is 25.2 Å². The summed E-state index contributed by atoms with van der Waals surface area (Å²) < 4.78 is 15.9. The van der Waals surface area contributed by atoms with Crippen LogP contribution in [0, 0.1) is 5.92 Å². The van der Waals surface area contributed by atoms with Gasteiger partial charge in [0.25, 0.3) is 5.89 Å². The summed E-state index contributed by atoms with van der Waals surface area (Å²) in [6.07, 6.45) is 9.00. The van der Waals surface area contributed by atoms with Crippen LogP contribution in [0.2, 0.25) is 0 Å². The fourth-order valence-corrected chi connectivity index (χ4v) is 3.81. The third-order valence-electron chi connectivity index (χ3n) is 5.20. The van der Waals surface area contributed by atoms with Crippen molar-refractivity contribution in [3.63, 3.8) is 0 Å². The Balaban J connectivity index is 1.39. The summed E-state index contributed by atoms with van der Waals surface area (Å²) in [5, 5.41) is 3.88. The first-order chi connectivity index (χ1) is 12.2. The first-order valence-electron chi connectivity index (χ1n) is 9.44. The van der Waals surface area contributed by atoms with E-state index in [0.717, 1.165) is 31.7 Å². The summed E-state index contributed by atoms with van der Waals surface area (Å²) in [6.45, 7) is 2.14. The molecule has 0 spiro atoms. The van der Waals surface area contributed by atoms with Crippen LogP contribution in [-0.2, 0) is 27.5 Å². The number of piperidine rings is 1. The van der Waals surface area contributed by atoms with Gasteiger partial charge in [-0.15, -0.1) is 0 Å². The third-order valence-corrected chi connectivity index (χ3v) is 5.20. The molecule has 1 aliphatic carbocycles. The van der Waals surface area contributed by atoms with E-state index >= 15 is 0 Å². The molecule has 0 radical (unpaired) electrons. The fraction of sp³-hybridized carbons (Fsp3) is 0.833. The minimum Gasteiger partial charge on any atom is -0.375 e. The monoisotopic (exact) mass is 351 g/mol. The molecular weight excluding hydrogens is 322 g/mol. The Morgan fingerprint density at radius 2 is 2.08 bits per heavy atom. The van der Waals surface area contributed by atoms with Crippen molar-refractivity contribution in [3.8, 4) is 0 Å². The number of amides is 1. The molecule has 2 aliphatic rings. The molecule has 1 aromatic heterocycles. The predicted molar refractivity (Wildman–Crippen MR) is 90.6 cm³/mol. The molecule has 0 bridgehead atoms. The van der Waals surface area contributed by atoms with Gasteiger partial charge in [0.1, 0.15) is 13.2 Å². The number of likely N-dealkylation sites (tertiary alicyclic amines) is 1. The molecule has 1 unspecified atom stereocenters. The van der Waals surface area contributed by atoms with E-state index < -0.39 is 0 Å². The number of rotatable bonds is 8. The van der Waals surface area contributed by atoms with Crippen molar-refractivity contribution in [3.05, 3.63) is 11.7 Å². The van der Waals surface area contributed by atoms with Crippen LogP contribution in [-0.4, -0.2) is 47.3 Å². The number of methoxy groups -OCH3 is 1. The van der Waals surface area contributed by atoms with E-state index in [9.17, 15) is 4.79 Å². The van der Waals surface area contributed by atoms with Gasteiger partial charge in [-0.3, -0.25) is 4.79 Å². The Kier molecular flexibility index (Phi) is 6.81. The van der Waals surface area contributed by atoms with Gasteiger partial charge in [-0.2, -0.15) is 4.98 Å². The topological polar surface area (TPSA) is 77.7 Å². The lowest BCUT2D eigenvalue weighted by Crippen LogP contribution is -2.43. The zero-order valence-electron chi connectivity index (χ0n) is 15.1. The van der Waals surface area contributed by atoms with Crippen LogP contribution in [0.15, 0.2) is 4.52 Å². The first-order valence-corrected chi connectivity index (χ1v) is 9.44. The quantitative estimate of drug-likeness (QED) is 0.716. The number of hydrogen-bond acceptors (Lipinski definition) is 6. The molecule has 1 aliphatic heterocycles. The molecule has 1 atom stereocenters. The van der Waals surface area contributed by atoms with Crippen molar-refractivity contribution < 1.29 is 18.8 Å². The van der Waals surface area contributed by atoms with E-state index in [4.69, 9.17) is 14.0 Å². The third kappa shape index (κ3) is 5.51. The van der Waals surface area contributed by atoms with E-state index in [-0.39, 0.29) is 12.0 Å². The van der Waals surface area contributed by atoms with Gasteiger partial charge in [0.05, 0.1) is 6.10 Å². The molecule has 2 heterocycles. The van der Waals surface area contributed by atoms with Crippen LogP contribution in [0.25, 0.3) is 0 Å². The second-order valence-corrected chi connectivity index (χ2v) is 7.14. The molecule has 140 valence electrons. The van der Waals surface area contributed by atoms with Gasteiger partial charge < -0.3 is 18.9 Å². The Hall–Kier alpha value is -1.47. The van der Waals surface area contributed by atoms with E-state index in [1.54, 1.807) is 7.11 Å². The molecule has 0 N–H and O–H groups in total. The SMILES string of the molecule is COCc1nc(COC2CCCN(C(=O)CCC3CCCC3)C2)no1. The molecule has 25 heavy (non-hydrogen) atoms. The maximum Gasteiger partial charge on any atom is 0.252 e. The summed E-state index contributed by atoms with van der Waals surface area (Å²) in [7, 11) is 1.58. The Labute approximate surface area is 149 Å². The highest BCUT2D eigenvalue weighted by molar-refractivity contribution is 5.76. The summed E-state index contributed by atoms with van der Waals surface area (Å²) in [4.78, 5) is 18.6. The lowest BCUT2D eigenvalue weighted by Gasteiger charge is -2.32. The summed E-state index contributed by atoms with van der Waals surface area (Å²) >= 11 is 0. The number of nitrogens with zero attached hydrogens (tertiary/aromatic N) is 3. The zero-order chi connectivity index (χ0) is 17.5. The maximum absolute atomic E-state index is 12.5. The molecule has 0 aromatic carbocycles. The van der Waals surface area contributed by atoms with E-state index in [1.165, 1.54) is 25.7 Å². The zero-order valence-corrected chi connectivity index (χ0v) is 15.1. The predicted octanol–water partition coefficient (Wildman–Crippen LogP) is 2.69. The molecule has 2 fully saturated rings. The second-order valence-electron chi connectivity index (χ2n) is 7.14. The van der Waals surface area contributed by atoms with Crippen molar-refractivity contribution in [2.75, 3.05) is 20.2 Å². The van der Waals surface area contributed by atoms with Crippen LogP contribution < -0.4 is 0 Å². The van der Waals surface area contributed by atoms with Crippen molar-refractivity contribution >= 4 is 5.91 Å².